The Labute approximate surface area is 96.0 Å². The number of hydrogen-bond acceptors (Lipinski definition) is 2. The second-order valence-corrected chi connectivity index (χ2v) is 3.71. The summed E-state index contributed by atoms with van der Waals surface area (Å²) in [7, 11) is 1.97. The molecule has 0 spiro atoms. The van der Waals surface area contributed by atoms with Crippen LogP contribution in [0.4, 0.5) is 0 Å². The number of benzene rings is 1. The molecule has 0 aliphatic rings. The maximum absolute atomic E-state index is 4.34. The molecule has 0 radical (unpaired) electrons. The molecule has 2 aromatic rings. The summed E-state index contributed by atoms with van der Waals surface area (Å²) >= 11 is 0. The summed E-state index contributed by atoms with van der Waals surface area (Å²) < 4.78 is 0. The summed E-state index contributed by atoms with van der Waals surface area (Å²) in [6.07, 6.45) is 7.24. The summed E-state index contributed by atoms with van der Waals surface area (Å²) in [4.78, 5) is 4.34. The van der Waals surface area contributed by atoms with E-state index in [4.69, 9.17) is 0 Å². The van der Waals surface area contributed by atoms with Crippen molar-refractivity contribution in [3.8, 4) is 0 Å². The quantitative estimate of drug-likeness (QED) is 0.788. The van der Waals surface area contributed by atoms with Crippen LogP contribution in [0.15, 0.2) is 42.6 Å². The van der Waals surface area contributed by atoms with Gasteiger partial charge in [0.1, 0.15) is 0 Å². The van der Waals surface area contributed by atoms with E-state index in [1.165, 1.54) is 10.9 Å². The Morgan fingerprint density at radius 2 is 2.19 bits per heavy atom. The Hall–Kier alpha value is -1.67. The Balaban J connectivity index is 2.27. The summed E-state index contributed by atoms with van der Waals surface area (Å²) in [5, 5.41) is 4.34. The van der Waals surface area contributed by atoms with E-state index >= 15 is 0 Å². The van der Waals surface area contributed by atoms with Gasteiger partial charge in [-0.25, -0.2) is 0 Å². The maximum atomic E-state index is 4.34. The van der Waals surface area contributed by atoms with Crippen LogP contribution < -0.4 is 5.32 Å². The smallest absolute Gasteiger partial charge is 0.0707 e. The van der Waals surface area contributed by atoms with Crippen molar-refractivity contribution < 1.29 is 0 Å². The lowest BCUT2D eigenvalue weighted by Crippen LogP contribution is -2.05. The summed E-state index contributed by atoms with van der Waals surface area (Å²) in [5.41, 5.74) is 2.29. The van der Waals surface area contributed by atoms with Gasteiger partial charge in [0.2, 0.25) is 0 Å². The molecule has 2 nitrogen and oxygen atoms in total. The molecule has 0 saturated heterocycles. The van der Waals surface area contributed by atoms with Crippen LogP contribution >= 0.6 is 0 Å². The van der Waals surface area contributed by atoms with Gasteiger partial charge < -0.3 is 5.32 Å². The second-order valence-electron chi connectivity index (χ2n) is 3.71. The van der Waals surface area contributed by atoms with Gasteiger partial charge in [-0.15, -0.1) is 0 Å². The largest absolute Gasteiger partial charge is 0.319 e. The Morgan fingerprint density at radius 1 is 1.25 bits per heavy atom. The third-order valence-corrected chi connectivity index (χ3v) is 2.54. The molecule has 0 bridgehead atoms. The van der Waals surface area contributed by atoms with Crippen LogP contribution in [0.1, 0.15) is 12.0 Å². The zero-order valence-electron chi connectivity index (χ0n) is 9.48. The van der Waals surface area contributed by atoms with Crippen molar-refractivity contribution in [2.24, 2.45) is 0 Å². The number of pyridine rings is 1. The van der Waals surface area contributed by atoms with E-state index in [1.54, 1.807) is 0 Å². The molecule has 1 aromatic carbocycles. The molecule has 2 rings (SSSR count). The van der Waals surface area contributed by atoms with Gasteiger partial charge in [-0.05, 0) is 37.7 Å². The van der Waals surface area contributed by atoms with E-state index < -0.39 is 0 Å². The molecule has 1 heterocycles. The normalized spacial score (nSPS) is 11.3. The molecule has 0 aliphatic heterocycles. The molecular weight excluding hydrogens is 196 g/mol. The van der Waals surface area contributed by atoms with Crippen LogP contribution in [0.5, 0.6) is 0 Å². The van der Waals surface area contributed by atoms with Crippen molar-refractivity contribution in [2.75, 3.05) is 13.6 Å². The van der Waals surface area contributed by atoms with Crippen molar-refractivity contribution in [3.05, 3.63) is 48.2 Å². The predicted octanol–water partition coefficient (Wildman–Crippen LogP) is 2.86. The zero-order valence-corrected chi connectivity index (χ0v) is 9.48. The fourth-order valence-electron chi connectivity index (χ4n) is 1.71. The van der Waals surface area contributed by atoms with E-state index in [9.17, 15) is 0 Å². The second kappa shape index (κ2) is 5.42. The molecule has 1 N–H and O–H groups in total. The number of nitrogens with zero attached hydrogens (tertiary/aromatic N) is 1. The third kappa shape index (κ3) is 2.47. The third-order valence-electron chi connectivity index (χ3n) is 2.54. The molecule has 0 saturated carbocycles. The van der Waals surface area contributed by atoms with Crippen molar-refractivity contribution in [2.45, 2.75) is 6.42 Å². The summed E-state index contributed by atoms with van der Waals surface area (Å²) in [6.45, 7) is 1.01. The van der Waals surface area contributed by atoms with Gasteiger partial charge >= 0.3 is 0 Å². The first-order valence-corrected chi connectivity index (χ1v) is 5.56. The van der Waals surface area contributed by atoms with Crippen LogP contribution in [0.25, 0.3) is 17.0 Å². The monoisotopic (exact) mass is 212 g/mol. The van der Waals surface area contributed by atoms with Crippen molar-refractivity contribution in [3.63, 3.8) is 0 Å². The van der Waals surface area contributed by atoms with Gasteiger partial charge in [0, 0.05) is 11.6 Å². The molecule has 0 unspecified atom stereocenters. The molecule has 0 atom stereocenters. The lowest BCUT2D eigenvalue weighted by molar-refractivity contribution is 0.809. The highest BCUT2D eigenvalue weighted by Crippen LogP contribution is 2.17. The van der Waals surface area contributed by atoms with Gasteiger partial charge in [-0.2, -0.15) is 0 Å². The molecule has 82 valence electrons. The standard InChI is InChI=1S/C14H16N2/c1-15-10-3-2-6-12-7-4-9-14-13(12)8-5-11-16-14/h2,4-9,11,15H,3,10H2,1H3/b6-2+. The number of hydrogen-bond donors (Lipinski definition) is 1. The number of aromatic nitrogens is 1. The highest BCUT2D eigenvalue weighted by atomic mass is 14.8. The lowest BCUT2D eigenvalue weighted by Gasteiger charge is -2.00. The van der Waals surface area contributed by atoms with E-state index in [-0.39, 0.29) is 0 Å². The van der Waals surface area contributed by atoms with Crippen LogP contribution in [-0.2, 0) is 0 Å². The Bertz CT molecular complexity index is 484. The van der Waals surface area contributed by atoms with Crippen molar-refractivity contribution in [1.82, 2.24) is 10.3 Å². The maximum Gasteiger partial charge on any atom is 0.0707 e. The highest BCUT2D eigenvalue weighted by molar-refractivity contribution is 5.87. The minimum atomic E-state index is 1.01. The minimum Gasteiger partial charge on any atom is -0.319 e. The van der Waals surface area contributed by atoms with E-state index in [1.807, 2.05) is 31.4 Å². The fourth-order valence-corrected chi connectivity index (χ4v) is 1.71. The number of fused-ring (bicyclic) bond motifs is 1. The van der Waals surface area contributed by atoms with Gasteiger partial charge in [0.15, 0.2) is 0 Å². The van der Waals surface area contributed by atoms with Gasteiger partial charge in [-0.1, -0.05) is 30.4 Å². The first-order valence-electron chi connectivity index (χ1n) is 5.56. The van der Waals surface area contributed by atoms with Gasteiger partial charge in [0.25, 0.3) is 0 Å². The average molecular weight is 212 g/mol. The molecule has 0 fully saturated rings. The Morgan fingerprint density at radius 3 is 3.06 bits per heavy atom. The number of nitrogens with one attached hydrogen (secondary N) is 1. The zero-order chi connectivity index (χ0) is 11.2. The number of rotatable bonds is 4. The molecular formula is C14H16N2. The van der Waals surface area contributed by atoms with Gasteiger partial charge in [-0.3, -0.25) is 4.98 Å². The summed E-state index contributed by atoms with van der Waals surface area (Å²) in [6, 6.07) is 10.3. The first-order chi connectivity index (χ1) is 7.92. The molecule has 16 heavy (non-hydrogen) atoms. The first kappa shape index (κ1) is 10.8. The predicted molar refractivity (Wildman–Crippen MR) is 69.3 cm³/mol. The van der Waals surface area contributed by atoms with Crippen LogP contribution in [0.2, 0.25) is 0 Å². The fraction of sp³-hybridized carbons (Fsp3) is 0.214. The topological polar surface area (TPSA) is 24.9 Å². The van der Waals surface area contributed by atoms with Crippen molar-refractivity contribution >= 4 is 17.0 Å². The van der Waals surface area contributed by atoms with E-state index in [2.05, 4.69) is 34.6 Å². The molecule has 2 heteroatoms. The van der Waals surface area contributed by atoms with Crippen LogP contribution in [0, 0.1) is 0 Å². The van der Waals surface area contributed by atoms with E-state index in [0.29, 0.717) is 0 Å². The SMILES string of the molecule is CNCC/C=C/c1cccc2ncccc12. The van der Waals surface area contributed by atoms with Crippen molar-refractivity contribution in [1.29, 1.82) is 0 Å². The minimum absolute atomic E-state index is 1.01. The molecule has 1 aromatic heterocycles. The van der Waals surface area contributed by atoms with Crippen LogP contribution in [0.3, 0.4) is 0 Å². The summed E-state index contributed by atoms with van der Waals surface area (Å²) in [5.74, 6) is 0. The Kier molecular flexibility index (Phi) is 3.67. The van der Waals surface area contributed by atoms with E-state index in [0.717, 1.165) is 18.5 Å². The highest BCUT2D eigenvalue weighted by Gasteiger charge is 1.96. The average Bonchev–Trinajstić information content (AvgIpc) is 2.35. The van der Waals surface area contributed by atoms with Gasteiger partial charge in [0.05, 0.1) is 5.52 Å². The molecule has 0 amide bonds. The molecule has 0 aliphatic carbocycles. The lowest BCUT2D eigenvalue weighted by atomic mass is 10.1. The van der Waals surface area contributed by atoms with Crippen LogP contribution in [-0.4, -0.2) is 18.6 Å².